The van der Waals surface area contributed by atoms with Gasteiger partial charge in [-0.05, 0) is 37.1 Å². The Morgan fingerprint density at radius 1 is 1.43 bits per heavy atom. The van der Waals surface area contributed by atoms with E-state index in [0.717, 1.165) is 17.7 Å². The van der Waals surface area contributed by atoms with Crippen molar-refractivity contribution in [2.24, 2.45) is 0 Å². The molecule has 120 valence electrons. The van der Waals surface area contributed by atoms with Crippen LogP contribution in [0.25, 0.3) is 0 Å². The van der Waals surface area contributed by atoms with E-state index in [0.29, 0.717) is 30.3 Å². The molecule has 3 heterocycles. The Bertz CT molecular complexity index is 760. The van der Waals surface area contributed by atoms with E-state index in [2.05, 4.69) is 10.3 Å². The van der Waals surface area contributed by atoms with Gasteiger partial charge in [0.15, 0.2) is 0 Å². The number of amides is 1. The van der Waals surface area contributed by atoms with Crippen molar-refractivity contribution >= 4 is 17.5 Å². The van der Waals surface area contributed by atoms with Gasteiger partial charge in [0.2, 0.25) is 0 Å². The molecule has 0 N–H and O–H groups in total. The molecule has 2 aliphatic rings. The summed E-state index contributed by atoms with van der Waals surface area (Å²) in [6, 6.07) is 5.41. The third-order valence-electron chi connectivity index (χ3n) is 4.63. The monoisotopic (exact) mass is 332 g/mol. The van der Waals surface area contributed by atoms with E-state index in [9.17, 15) is 4.79 Å². The molecule has 7 heteroatoms. The Morgan fingerprint density at radius 2 is 2.30 bits per heavy atom. The fraction of sp³-hybridized carbons (Fsp3) is 0.438. The van der Waals surface area contributed by atoms with Crippen molar-refractivity contribution in [3.63, 3.8) is 0 Å². The highest BCUT2D eigenvalue weighted by atomic mass is 35.5. The summed E-state index contributed by atoms with van der Waals surface area (Å²) in [4.78, 5) is 14.7. The Balaban J connectivity index is 1.59. The van der Waals surface area contributed by atoms with Gasteiger partial charge in [-0.1, -0.05) is 16.8 Å². The van der Waals surface area contributed by atoms with Crippen molar-refractivity contribution in [1.82, 2.24) is 19.9 Å². The first-order valence-electron chi connectivity index (χ1n) is 7.69. The number of piperidine rings is 1. The Hall–Kier alpha value is -1.92. The SMILES string of the molecule is Cc1cc(Cl)ccc1C(=O)N1CCC2OCc3cnnn3C2C1. The molecule has 1 fully saturated rings. The number of likely N-dealkylation sites (tertiary alicyclic amines) is 1. The lowest BCUT2D eigenvalue weighted by Crippen LogP contribution is -2.50. The maximum absolute atomic E-state index is 12.9. The van der Waals surface area contributed by atoms with Crippen LogP contribution in [-0.4, -0.2) is 45.0 Å². The molecular formula is C16H17ClN4O2. The van der Waals surface area contributed by atoms with Gasteiger partial charge in [-0.15, -0.1) is 5.10 Å². The van der Waals surface area contributed by atoms with Gasteiger partial charge in [0.1, 0.15) is 0 Å². The lowest BCUT2D eigenvalue weighted by Gasteiger charge is -2.41. The second-order valence-corrected chi connectivity index (χ2v) is 6.52. The van der Waals surface area contributed by atoms with Crippen molar-refractivity contribution in [1.29, 1.82) is 0 Å². The molecule has 1 amide bonds. The molecular weight excluding hydrogens is 316 g/mol. The van der Waals surface area contributed by atoms with E-state index >= 15 is 0 Å². The minimum Gasteiger partial charge on any atom is -0.370 e. The molecule has 0 aliphatic carbocycles. The lowest BCUT2D eigenvalue weighted by atomic mass is 9.99. The molecule has 2 unspecified atom stereocenters. The summed E-state index contributed by atoms with van der Waals surface area (Å²) in [6.45, 7) is 3.72. The van der Waals surface area contributed by atoms with E-state index in [-0.39, 0.29) is 18.1 Å². The van der Waals surface area contributed by atoms with Crippen LogP contribution in [0, 0.1) is 6.92 Å². The highest BCUT2D eigenvalue weighted by Gasteiger charge is 2.38. The molecule has 4 rings (SSSR count). The van der Waals surface area contributed by atoms with Gasteiger partial charge in [0, 0.05) is 23.7 Å². The zero-order valence-electron chi connectivity index (χ0n) is 12.8. The molecule has 2 aliphatic heterocycles. The molecule has 6 nitrogen and oxygen atoms in total. The van der Waals surface area contributed by atoms with Gasteiger partial charge >= 0.3 is 0 Å². The van der Waals surface area contributed by atoms with Crippen LogP contribution in [0.2, 0.25) is 5.02 Å². The number of carbonyl (C=O) groups excluding carboxylic acids is 1. The number of carbonyl (C=O) groups is 1. The second kappa shape index (κ2) is 5.62. The van der Waals surface area contributed by atoms with E-state index in [1.807, 2.05) is 22.6 Å². The zero-order chi connectivity index (χ0) is 16.0. The summed E-state index contributed by atoms with van der Waals surface area (Å²) in [5, 5.41) is 8.77. The predicted octanol–water partition coefficient (Wildman–Crippen LogP) is 2.23. The number of nitrogens with zero attached hydrogens (tertiary/aromatic N) is 4. The number of benzene rings is 1. The molecule has 23 heavy (non-hydrogen) atoms. The molecule has 2 atom stereocenters. The molecule has 1 aromatic carbocycles. The summed E-state index contributed by atoms with van der Waals surface area (Å²) in [7, 11) is 0. The largest absolute Gasteiger partial charge is 0.370 e. The number of ether oxygens (including phenoxy) is 1. The molecule has 0 spiro atoms. The maximum atomic E-state index is 12.9. The van der Waals surface area contributed by atoms with Gasteiger partial charge in [-0.25, -0.2) is 4.68 Å². The summed E-state index contributed by atoms with van der Waals surface area (Å²) in [5.41, 5.74) is 2.55. The Labute approximate surface area is 139 Å². The van der Waals surface area contributed by atoms with Crippen LogP contribution in [0.3, 0.4) is 0 Å². The number of rotatable bonds is 1. The van der Waals surface area contributed by atoms with Crippen molar-refractivity contribution in [2.45, 2.75) is 32.1 Å². The van der Waals surface area contributed by atoms with Crippen LogP contribution in [0.5, 0.6) is 0 Å². The minimum absolute atomic E-state index is 0.0323. The number of hydrogen-bond acceptors (Lipinski definition) is 4. The van der Waals surface area contributed by atoms with Gasteiger partial charge in [0.25, 0.3) is 5.91 Å². The van der Waals surface area contributed by atoms with Crippen molar-refractivity contribution in [3.05, 3.63) is 46.2 Å². The number of fused-ring (bicyclic) bond motifs is 3. The number of hydrogen-bond donors (Lipinski definition) is 0. The molecule has 0 saturated carbocycles. The van der Waals surface area contributed by atoms with Crippen molar-refractivity contribution in [3.8, 4) is 0 Å². The lowest BCUT2D eigenvalue weighted by molar-refractivity contribution is -0.0605. The number of aryl methyl sites for hydroxylation is 1. The zero-order valence-corrected chi connectivity index (χ0v) is 13.5. The standard InChI is InChI=1S/C16H17ClN4O2/c1-10-6-11(17)2-3-13(10)16(22)20-5-4-15-14(8-20)21-12(9-23-15)7-18-19-21/h2-3,6-7,14-15H,4-5,8-9H2,1H3. The van der Waals surface area contributed by atoms with Crippen LogP contribution >= 0.6 is 11.6 Å². The second-order valence-electron chi connectivity index (χ2n) is 6.09. The maximum Gasteiger partial charge on any atom is 0.254 e. The topological polar surface area (TPSA) is 60.3 Å². The van der Waals surface area contributed by atoms with Crippen LogP contribution in [-0.2, 0) is 11.3 Å². The molecule has 0 bridgehead atoms. The molecule has 1 aromatic heterocycles. The van der Waals surface area contributed by atoms with Crippen LogP contribution < -0.4 is 0 Å². The first kappa shape index (κ1) is 14.7. The number of halogens is 1. The summed E-state index contributed by atoms with van der Waals surface area (Å²) in [6.07, 6.45) is 2.63. The summed E-state index contributed by atoms with van der Waals surface area (Å²) in [5.74, 6) is 0.0323. The van der Waals surface area contributed by atoms with E-state index < -0.39 is 0 Å². The van der Waals surface area contributed by atoms with Crippen molar-refractivity contribution in [2.75, 3.05) is 13.1 Å². The molecule has 2 aromatic rings. The van der Waals surface area contributed by atoms with E-state index in [4.69, 9.17) is 16.3 Å². The average Bonchev–Trinajstić information content (AvgIpc) is 3.03. The fourth-order valence-corrected chi connectivity index (χ4v) is 3.63. The van der Waals surface area contributed by atoms with Gasteiger partial charge in [0.05, 0.1) is 30.6 Å². The van der Waals surface area contributed by atoms with Gasteiger partial charge in [-0.3, -0.25) is 4.79 Å². The van der Waals surface area contributed by atoms with Crippen LogP contribution in [0.4, 0.5) is 0 Å². The molecule has 0 radical (unpaired) electrons. The van der Waals surface area contributed by atoms with Gasteiger partial charge < -0.3 is 9.64 Å². The quantitative estimate of drug-likeness (QED) is 0.803. The highest BCUT2D eigenvalue weighted by Crippen LogP contribution is 2.31. The summed E-state index contributed by atoms with van der Waals surface area (Å²) >= 11 is 5.98. The van der Waals surface area contributed by atoms with Crippen LogP contribution in [0.1, 0.15) is 34.1 Å². The van der Waals surface area contributed by atoms with Crippen molar-refractivity contribution < 1.29 is 9.53 Å². The smallest absolute Gasteiger partial charge is 0.254 e. The highest BCUT2D eigenvalue weighted by molar-refractivity contribution is 6.30. The average molecular weight is 333 g/mol. The first-order valence-corrected chi connectivity index (χ1v) is 8.07. The minimum atomic E-state index is 0.0323. The van der Waals surface area contributed by atoms with Crippen LogP contribution in [0.15, 0.2) is 24.4 Å². The third kappa shape index (κ3) is 2.52. The number of aromatic nitrogens is 3. The van der Waals surface area contributed by atoms with Gasteiger partial charge in [-0.2, -0.15) is 0 Å². The Kier molecular flexibility index (Phi) is 3.58. The normalized spacial score (nSPS) is 23.3. The summed E-state index contributed by atoms with van der Waals surface area (Å²) < 4.78 is 7.79. The predicted molar refractivity (Wildman–Crippen MR) is 84.3 cm³/mol. The third-order valence-corrected chi connectivity index (χ3v) is 4.87. The Morgan fingerprint density at radius 3 is 3.13 bits per heavy atom. The van der Waals surface area contributed by atoms with E-state index in [1.54, 1.807) is 18.3 Å². The fourth-order valence-electron chi connectivity index (χ4n) is 3.40. The van der Waals surface area contributed by atoms with E-state index in [1.165, 1.54) is 0 Å². The first-order chi connectivity index (χ1) is 11.1. The molecule has 1 saturated heterocycles.